The summed E-state index contributed by atoms with van der Waals surface area (Å²) in [7, 11) is 1.57. The molecular formula is C22H22N6O2. The third-order valence-electron chi connectivity index (χ3n) is 4.79. The van der Waals surface area contributed by atoms with Crippen molar-refractivity contribution in [2.24, 2.45) is 5.10 Å². The van der Waals surface area contributed by atoms with E-state index in [1.165, 1.54) is 4.68 Å². The lowest BCUT2D eigenvalue weighted by Crippen LogP contribution is -2.27. The van der Waals surface area contributed by atoms with Crippen LogP contribution < -0.4 is 11.1 Å². The molecule has 0 aliphatic heterocycles. The van der Waals surface area contributed by atoms with Crippen LogP contribution in [0.5, 0.6) is 0 Å². The Morgan fingerprint density at radius 1 is 1.17 bits per heavy atom. The van der Waals surface area contributed by atoms with Gasteiger partial charge in [0.25, 0.3) is 5.91 Å². The first-order chi connectivity index (χ1) is 14.6. The van der Waals surface area contributed by atoms with E-state index in [-0.39, 0.29) is 17.3 Å². The van der Waals surface area contributed by atoms with E-state index in [9.17, 15) is 4.79 Å². The molecule has 30 heavy (non-hydrogen) atoms. The van der Waals surface area contributed by atoms with Crippen LogP contribution in [0.3, 0.4) is 0 Å². The van der Waals surface area contributed by atoms with Gasteiger partial charge in [0, 0.05) is 13.7 Å². The second-order valence-electron chi connectivity index (χ2n) is 6.81. The van der Waals surface area contributed by atoms with Gasteiger partial charge in [0.15, 0.2) is 5.65 Å². The van der Waals surface area contributed by atoms with Gasteiger partial charge in [0.05, 0.1) is 23.9 Å². The molecule has 2 aromatic heterocycles. The predicted molar refractivity (Wildman–Crippen MR) is 118 cm³/mol. The Balaban J connectivity index is 1.88. The number of benzene rings is 2. The van der Waals surface area contributed by atoms with Gasteiger partial charge in [-0.25, -0.2) is 9.97 Å². The summed E-state index contributed by atoms with van der Waals surface area (Å²) in [4.78, 5) is 22.2. The molecule has 152 valence electrons. The number of hydrogen-bond donors (Lipinski definition) is 2. The Morgan fingerprint density at radius 3 is 2.60 bits per heavy atom. The van der Waals surface area contributed by atoms with Gasteiger partial charge in [-0.15, -0.1) is 0 Å². The Bertz CT molecular complexity index is 1260. The van der Waals surface area contributed by atoms with E-state index in [2.05, 4.69) is 20.4 Å². The number of para-hydroxylation sites is 2. The zero-order valence-electron chi connectivity index (χ0n) is 16.8. The molecule has 2 heterocycles. The van der Waals surface area contributed by atoms with Gasteiger partial charge in [0.2, 0.25) is 0 Å². The van der Waals surface area contributed by atoms with Crippen molar-refractivity contribution in [2.45, 2.75) is 6.92 Å². The Morgan fingerprint density at radius 2 is 1.87 bits per heavy atom. The number of nitrogen functional groups attached to an aromatic ring is 1. The van der Waals surface area contributed by atoms with Crippen LogP contribution in [0.1, 0.15) is 21.5 Å². The number of aryl methyl sites for hydroxylation is 1. The van der Waals surface area contributed by atoms with Gasteiger partial charge < -0.3 is 15.8 Å². The highest BCUT2D eigenvalue weighted by molar-refractivity contribution is 6.10. The molecule has 0 aliphatic rings. The van der Waals surface area contributed by atoms with Crippen molar-refractivity contribution >= 4 is 40.1 Å². The summed E-state index contributed by atoms with van der Waals surface area (Å²) in [5, 5.41) is 7.33. The number of nitrogens with zero attached hydrogens (tertiary/aromatic N) is 4. The lowest BCUT2D eigenvalue weighted by Gasteiger charge is -2.04. The van der Waals surface area contributed by atoms with Gasteiger partial charge >= 0.3 is 0 Å². The number of hydrogen-bond acceptors (Lipinski definition) is 6. The number of ether oxygens (including phenoxy) is 1. The molecule has 0 bridgehead atoms. The summed E-state index contributed by atoms with van der Waals surface area (Å²) in [6, 6.07) is 15.3. The zero-order chi connectivity index (χ0) is 21.1. The molecule has 0 unspecified atom stereocenters. The molecule has 0 spiro atoms. The van der Waals surface area contributed by atoms with Crippen LogP contribution in [-0.4, -0.2) is 47.0 Å². The number of aromatic nitrogens is 3. The topological polar surface area (TPSA) is 107 Å². The van der Waals surface area contributed by atoms with Crippen molar-refractivity contribution in [3.63, 3.8) is 0 Å². The van der Waals surface area contributed by atoms with E-state index >= 15 is 0 Å². The van der Waals surface area contributed by atoms with Gasteiger partial charge in [0.1, 0.15) is 16.9 Å². The van der Waals surface area contributed by atoms with Crippen LogP contribution in [0.25, 0.3) is 22.2 Å². The molecule has 0 aliphatic carbocycles. The lowest BCUT2D eigenvalue weighted by molar-refractivity contribution is 0.0939. The van der Waals surface area contributed by atoms with Crippen LogP contribution in [-0.2, 0) is 4.74 Å². The molecule has 4 rings (SSSR count). The molecule has 8 heteroatoms. The second-order valence-corrected chi connectivity index (χ2v) is 6.81. The molecule has 8 nitrogen and oxygen atoms in total. The summed E-state index contributed by atoms with van der Waals surface area (Å²) in [6.45, 7) is 2.75. The third-order valence-corrected chi connectivity index (χ3v) is 4.79. The molecular weight excluding hydrogens is 380 g/mol. The van der Waals surface area contributed by atoms with Crippen molar-refractivity contribution < 1.29 is 9.53 Å². The maximum Gasteiger partial charge on any atom is 0.257 e. The largest absolute Gasteiger partial charge is 0.383 e. The molecule has 0 radical (unpaired) electrons. The first kappa shape index (κ1) is 19.5. The molecule has 0 fully saturated rings. The van der Waals surface area contributed by atoms with Crippen molar-refractivity contribution in [1.82, 2.24) is 20.0 Å². The minimum atomic E-state index is -0.344. The standard InChI is InChI=1S/C22H22N6O2/c1-14-7-3-4-8-15(14)13-25-28-20(23)18(22(29)24-11-12-30-2)19-21(28)27-17-10-6-5-9-16(17)26-19/h3-10,13H,11-12,23H2,1-2H3,(H,24,29). The average molecular weight is 402 g/mol. The van der Waals surface area contributed by atoms with Gasteiger partial charge in [-0.05, 0) is 30.2 Å². The Kier molecular flexibility index (Phi) is 5.40. The van der Waals surface area contributed by atoms with E-state index in [4.69, 9.17) is 10.5 Å². The maximum absolute atomic E-state index is 12.9. The number of carbonyl (C=O) groups excluding carboxylic acids is 1. The van der Waals surface area contributed by atoms with Crippen LogP contribution in [0, 0.1) is 6.92 Å². The van der Waals surface area contributed by atoms with E-state index in [1.807, 2.05) is 55.5 Å². The normalized spacial score (nSPS) is 11.5. The number of nitrogens with two attached hydrogens (primary N) is 1. The summed E-state index contributed by atoms with van der Waals surface area (Å²) in [6.07, 6.45) is 1.70. The van der Waals surface area contributed by atoms with Crippen molar-refractivity contribution in [3.05, 3.63) is 65.2 Å². The quantitative estimate of drug-likeness (QED) is 0.381. The van der Waals surface area contributed by atoms with E-state index < -0.39 is 0 Å². The fraction of sp³-hybridized carbons (Fsp3) is 0.182. The van der Waals surface area contributed by atoms with Crippen LogP contribution in [0.4, 0.5) is 5.82 Å². The number of nitrogens with one attached hydrogen (secondary N) is 1. The lowest BCUT2D eigenvalue weighted by atomic mass is 10.1. The highest BCUT2D eigenvalue weighted by Crippen LogP contribution is 2.27. The summed E-state index contributed by atoms with van der Waals surface area (Å²) < 4.78 is 6.47. The fourth-order valence-electron chi connectivity index (χ4n) is 3.19. The van der Waals surface area contributed by atoms with Crippen molar-refractivity contribution in [2.75, 3.05) is 26.0 Å². The molecule has 0 atom stereocenters. The SMILES string of the molecule is COCCNC(=O)c1c(N)n(N=Cc2ccccc2C)c2nc3ccccc3nc12. The number of anilines is 1. The summed E-state index contributed by atoms with van der Waals surface area (Å²) >= 11 is 0. The minimum Gasteiger partial charge on any atom is -0.383 e. The minimum absolute atomic E-state index is 0.181. The molecule has 0 saturated heterocycles. The molecule has 4 aromatic rings. The number of rotatable bonds is 6. The van der Waals surface area contributed by atoms with E-state index in [0.717, 1.165) is 11.1 Å². The average Bonchev–Trinajstić information content (AvgIpc) is 3.02. The van der Waals surface area contributed by atoms with Crippen molar-refractivity contribution in [3.8, 4) is 0 Å². The third kappa shape index (κ3) is 3.60. The predicted octanol–water partition coefficient (Wildman–Crippen LogP) is 2.73. The van der Waals surface area contributed by atoms with E-state index in [0.29, 0.717) is 35.3 Å². The van der Waals surface area contributed by atoms with Crippen LogP contribution >= 0.6 is 0 Å². The number of amides is 1. The van der Waals surface area contributed by atoms with Gasteiger partial charge in [-0.1, -0.05) is 36.4 Å². The monoisotopic (exact) mass is 402 g/mol. The molecule has 2 aromatic carbocycles. The van der Waals surface area contributed by atoms with Crippen molar-refractivity contribution in [1.29, 1.82) is 0 Å². The number of fused-ring (bicyclic) bond motifs is 2. The zero-order valence-corrected chi connectivity index (χ0v) is 16.8. The van der Waals surface area contributed by atoms with Gasteiger partial charge in [-0.2, -0.15) is 9.78 Å². The maximum atomic E-state index is 12.9. The Labute approximate surface area is 173 Å². The summed E-state index contributed by atoms with van der Waals surface area (Å²) in [5.74, 6) is -0.163. The first-order valence-corrected chi connectivity index (χ1v) is 9.54. The second kappa shape index (κ2) is 8.30. The van der Waals surface area contributed by atoms with Crippen LogP contribution in [0.15, 0.2) is 53.6 Å². The highest BCUT2D eigenvalue weighted by atomic mass is 16.5. The van der Waals surface area contributed by atoms with Gasteiger partial charge in [-0.3, -0.25) is 4.79 Å². The smallest absolute Gasteiger partial charge is 0.257 e. The van der Waals surface area contributed by atoms with E-state index in [1.54, 1.807) is 13.3 Å². The Hall–Kier alpha value is -3.78. The molecule has 3 N–H and O–H groups in total. The number of carbonyl (C=O) groups is 1. The first-order valence-electron chi connectivity index (χ1n) is 9.54. The highest BCUT2D eigenvalue weighted by Gasteiger charge is 2.23. The van der Waals surface area contributed by atoms with Crippen LogP contribution in [0.2, 0.25) is 0 Å². The molecule has 1 amide bonds. The molecule has 0 saturated carbocycles. The summed E-state index contributed by atoms with van der Waals surface area (Å²) in [5.41, 5.74) is 10.8. The number of methoxy groups -OCH3 is 1. The fourth-order valence-corrected chi connectivity index (χ4v) is 3.19.